The number of carbonyl (C=O) groups is 2. The summed E-state index contributed by atoms with van der Waals surface area (Å²) in [6, 6.07) is 23.8. The largest absolute Gasteiger partial charge is 0.324 e. The Hall–Kier alpha value is -2.77. The number of benzene rings is 3. The molecule has 0 saturated heterocycles. The number of urea groups is 1. The summed E-state index contributed by atoms with van der Waals surface area (Å²) in [5, 5.41) is 8.41. The lowest BCUT2D eigenvalue weighted by Crippen LogP contribution is -2.19. The van der Waals surface area contributed by atoms with Gasteiger partial charge in [0, 0.05) is 20.7 Å². The van der Waals surface area contributed by atoms with Gasteiger partial charge in [0.1, 0.15) is 0 Å². The van der Waals surface area contributed by atoms with Crippen molar-refractivity contribution in [1.29, 1.82) is 0 Å². The Morgan fingerprint density at radius 1 is 0.750 bits per heavy atom. The van der Waals surface area contributed by atoms with Crippen LogP contribution in [0.2, 0.25) is 0 Å². The van der Waals surface area contributed by atoms with Gasteiger partial charge in [0.15, 0.2) is 0 Å². The summed E-state index contributed by atoms with van der Waals surface area (Å²) >= 11 is 4.84. The summed E-state index contributed by atoms with van der Waals surface area (Å²) in [6.07, 6.45) is 0. The van der Waals surface area contributed by atoms with E-state index in [1.165, 1.54) is 11.8 Å². The fraction of sp³-hybridized carbons (Fsp3) is 0.0476. The molecule has 3 amide bonds. The molecule has 0 saturated carbocycles. The first kappa shape index (κ1) is 20.0. The van der Waals surface area contributed by atoms with E-state index in [0.717, 1.165) is 20.7 Å². The molecule has 28 heavy (non-hydrogen) atoms. The van der Waals surface area contributed by atoms with Gasteiger partial charge >= 0.3 is 6.03 Å². The number of amides is 3. The van der Waals surface area contributed by atoms with E-state index in [2.05, 4.69) is 31.9 Å². The van der Waals surface area contributed by atoms with E-state index in [1.54, 1.807) is 12.1 Å². The van der Waals surface area contributed by atoms with Crippen LogP contribution in [0.1, 0.15) is 0 Å². The van der Waals surface area contributed by atoms with Gasteiger partial charge in [0.25, 0.3) is 0 Å². The van der Waals surface area contributed by atoms with E-state index in [0.29, 0.717) is 11.4 Å². The second-order valence-electron chi connectivity index (χ2n) is 5.79. The SMILES string of the molecule is O=C(CSc1ccc(NC(=O)Nc2ccccc2)cc1)Nc1ccccc1Br. The minimum absolute atomic E-state index is 0.0821. The monoisotopic (exact) mass is 455 g/mol. The van der Waals surface area contributed by atoms with Crippen molar-refractivity contribution >= 4 is 56.7 Å². The average molecular weight is 456 g/mol. The molecule has 0 aromatic heterocycles. The third-order valence-corrected chi connectivity index (χ3v) is 5.37. The van der Waals surface area contributed by atoms with Gasteiger partial charge in [-0.05, 0) is 64.5 Å². The van der Waals surface area contributed by atoms with E-state index in [4.69, 9.17) is 0 Å². The number of para-hydroxylation sites is 2. The standard InChI is InChI=1S/C21H18BrN3O2S/c22-18-8-4-5-9-19(18)25-20(26)14-28-17-12-10-16(11-13-17)24-21(27)23-15-6-2-1-3-7-15/h1-13H,14H2,(H,25,26)(H2,23,24,27). The Morgan fingerprint density at radius 3 is 2.04 bits per heavy atom. The van der Waals surface area contributed by atoms with E-state index < -0.39 is 0 Å². The summed E-state index contributed by atoms with van der Waals surface area (Å²) < 4.78 is 0.845. The van der Waals surface area contributed by atoms with Crippen LogP contribution in [0.25, 0.3) is 0 Å². The summed E-state index contributed by atoms with van der Waals surface area (Å²) in [6.45, 7) is 0. The third-order valence-electron chi connectivity index (χ3n) is 3.66. The highest BCUT2D eigenvalue weighted by Crippen LogP contribution is 2.23. The molecule has 0 aliphatic carbocycles. The van der Waals surface area contributed by atoms with Crippen LogP contribution < -0.4 is 16.0 Å². The van der Waals surface area contributed by atoms with Gasteiger partial charge in [-0.1, -0.05) is 30.3 Å². The third kappa shape index (κ3) is 6.14. The van der Waals surface area contributed by atoms with Crippen molar-refractivity contribution in [2.75, 3.05) is 21.7 Å². The lowest BCUT2D eigenvalue weighted by Gasteiger charge is -2.09. The first-order valence-electron chi connectivity index (χ1n) is 8.50. The van der Waals surface area contributed by atoms with E-state index in [-0.39, 0.29) is 11.9 Å². The molecule has 0 fully saturated rings. The minimum atomic E-state index is -0.306. The Bertz CT molecular complexity index is 949. The van der Waals surface area contributed by atoms with Gasteiger partial charge in [-0.2, -0.15) is 0 Å². The molecule has 7 heteroatoms. The lowest BCUT2D eigenvalue weighted by atomic mass is 10.3. The summed E-state index contributed by atoms with van der Waals surface area (Å²) in [4.78, 5) is 25.0. The summed E-state index contributed by atoms with van der Waals surface area (Å²) in [5.74, 6) is 0.212. The number of halogens is 1. The molecule has 0 spiro atoms. The fourth-order valence-electron chi connectivity index (χ4n) is 2.35. The predicted octanol–water partition coefficient (Wildman–Crippen LogP) is 5.82. The number of carbonyl (C=O) groups excluding carboxylic acids is 2. The maximum Gasteiger partial charge on any atom is 0.323 e. The molecular weight excluding hydrogens is 438 g/mol. The zero-order valence-corrected chi connectivity index (χ0v) is 17.2. The maximum absolute atomic E-state index is 12.1. The predicted molar refractivity (Wildman–Crippen MR) is 119 cm³/mol. The van der Waals surface area contributed by atoms with Crippen LogP contribution >= 0.6 is 27.7 Å². The highest BCUT2D eigenvalue weighted by Gasteiger charge is 2.07. The second-order valence-corrected chi connectivity index (χ2v) is 7.69. The zero-order valence-electron chi connectivity index (χ0n) is 14.8. The number of anilines is 3. The van der Waals surface area contributed by atoms with Gasteiger partial charge < -0.3 is 16.0 Å². The molecule has 3 aromatic rings. The molecule has 0 radical (unpaired) electrons. The molecule has 142 valence electrons. The van der Waals surface area contributed by atoms with Gasteiger partial charge in [-0.3, -0.25) is 4.79 Å². The van der Waals surface area contributed by atoms with Crippen molar-refractivity contribution < 1.29 is 9.59 Å². The molecule has 0 atom stereocenters. The maximum atomic E-state index is 12.1. The van der Waals surface area contributed by atoms with Gasteiger partial charge in [-0.15, -0.1) is 11.8 Å². The Morgan fingerprint density at radius 2 is 1.36 bits per heavy atom. The second kappa shape index (κ2) is 9.96. The average Bonchev–Trinajstić information content (AvgIpc) is 2.70. The first-order chi connectivity index (χ1) is 13.6. The molecule has 3 rings (SSSR count). The smallest absolute Gasteiger partial charge is 0.323 e. The van der Waals surface area contributed by atoms with E-state index in [9.17, 15) is 9.59 Å². The summed E-state index contributed by atoms with van der Waals surface area (Å²) in [7, 11) is 0. The fourth-order valence-corrected chi connectivity index (χ4v) is 3.43. The lowest BCUT2D eigenvalue weighted by molar-refractivity contribution is -0.113. The van der Waals surface area contributed by atoms with Crippen molar-refractivity contribution in [3.05, 3.63) is 83.3 Å². The zero-order chi connectivity index (χ0) is 19.8. The molecule has 5 nitrogen and oxygen atoms in total. The number of nitrogens with one attached hydrogen (secondary N) is 3. The molecular formula is C21H18BrN3O2S. The van der Waals surface area contributed by atoms with Gasteiger partial charge in [-0.25, -0.2) is 4.79 Å². The van der Waals surface area contributed by atoms with E-state index >= 15 is 0 Å². The highest BCUT2D eigenvalue weighted by molar-refractivity contribution is 9.10. The van der Waals surface area contributed by atoms with Crippen molar-refractivity contribution in [3.63, 3.8) is 0 Å². The highest BCUT2D eigenvalue weighted by atomic mass is 79.9. The quantitative estimate of drug-likeness (QED) is 0.409. The van der Waals surface area contributed by atoms with Crippen LogP contribution in [0.15, 0.2) is 88.2 Å². The molecule has 0 aliphatic rings. The number of hydrogen-bond donors (Lipinski definition) is 3. The Kier molecular flexibility index (Phi) is 7.11. The van der Waals surface area contributed by atoms with Gasteiger partial charge in [0.2, 0.25) is 5.91 Å². The van der Waals surface area contributed by atoms with Crippen LogP contribution in [0, 0.1) is 0 Å². The number of thioether (sulfide) groups is 1. The molecule has 0 aliphatic heterocycles. The molecule has 0 unspecified atom stereocenters. The minimum Gasteiger partial charge on any atom is -0.324 e. The van der Waals surface area contributed by atoms with Crippen LogP contribution in [0.5, 0.6) is 0 Å². The van der Waals surface area contributed by atoms with Crippen molar-refractivity contribution in [3.8, 4) is 0 Å². The molecule has 0 heterocycles. The van der Waals surface area contributed by atoms with Crippen LogP contribution in [-0.4, -0.2) is 17.7 Å². The van der Waals surface area contributed by atoms with Gasteiger partial charge in [0.05, 0.1) is 11.4 Å². The Labute approximate surface area is 176 Å². The topological polar surface area (TPSA) is 70.2 Å². The molecule has 3 N–H and O–H groups in total. The van der Waals surface area contributed by atoms with Crippen LogP contribution in [-0.2, 0) is 4.79 Å². The summed E-state index contributed by atoms with van der Waals surface area (Å²) in [5.41, 5.74) is 2.15. The molecule has 3 aromatic carbocycles. The Balaban J connectivity index is 1.47. The van der Waals surface area contributed by atoms with E-state index in [1.807, 2.05) is 66.7 Å². The molecule has 0 bridgehead atoms. The number of hydrogen-bond acceptors (Lipinski definition) is 3. The van der Waals surface area contributed by atoms with Crippen molar-refractivity contribution in [2.45, 2.75) is 4.90 Å². The van der Waals surface area contributed by atoms with Crippen LogP contribution in [0.3, 0.4) is 0 Å². The number of rotatable bonds is 6. The van der Waals surface area contributed by atoms with Crippen molar-refractivity contribution in [2.24, 2.45) is 0 Å². The van der Waals surface area contributed by atoms with Crippen molar-refractivity contribution in [1.82, 2.24) is 0 Å². The normalized spacial score (nSPS) is 10.2. The first-order valence-corrected chi connectivity index (χ1v) is 10.3. The van der Waals surface area contributed by atoms with Crippen LogP contribution in [0.4, 0.5) is 21.9 Å².